The molecule has 4 nitrogen and oxygen atoms in total. The van der Waals surface area contributed by atoms with Crippen molar-refractivity contribution in [2.45, 2.75) is 6.29 Å². The van der Waals surface area contributed by atoms with Gasteiger partial charge in [0.1, 0.15) is 0 Å². The predicted molar refractivity (Wildman–Crippen MR) is 75.7 cm³/mol. The van der Waals surface area contributed by atoms with Gasteiger partial charge in [-0.15, -0.1) is 0 Å². The van der Waals surface area contributed by atoms with Gasteiger partial charge in [0.25, 0.3) is 0 Å². The van der Waals surface area contributed by atoms with E-state index >= 15 is 0 Å². The van der Waals surface area contributed by atoms with Crippen LogP contribution in [0, 0.1) is 11.3 Å². The number of benzene rings is 2. The molecule has 2 aromatic rings. The zero-order valence-corrected chi connectivity index (χ0v) is 11.3. The van der Waals surface area contributed by atoms with E-state index in [4.69, 9.17) is 14.7 Å². The van der Waals surface area contributed by atoms with Crippen molar-refractivity contribution in [3.8, 4) is 6.07 Å². The summed E-state index contributed by atoms with van der Waals surface area (Å²) in [7, 11) is 0. The van der Waals surface area contributed by atoms with Crippen molar-refractivity contribution in [1.29, 1.82) is 5.26 Å². The Hall–Kier alpha value is -2.48. The average Bonchev–Trinajstić information content (AvgIpc) is 3.09. The first-order valence-corrected chi connectivity index (χ1v) is 6.66. The van der Waals surface area contributed by atoms with Gasteiger partial charge in [0.15, 0.2) is 12.1 Å². The lowest BCUT2D eigenvalue weighted by Gasteiger charge is -2.10. The first-order chi connectivity index (χ1) is 10.3. The largest absolute Gasteiger partial charge is 0.346 e. The number of ketones is 1. The molecule has 0 saturated carbocycles. The van der Waals surface area contributed by atoms with Crippen LogP contribution in [0.5, 0.6) is 0 Å². The van der Waals surface area contributed by atoms with Gasteiger partial charge in [0.2, 0.25) is 0 Å². The number of nitrogens with zero attached hydrogens (tertiary/aromatic N) is 1. The molecule has 21 heavy (non-hydrogen) atoms. The van der Waals surface area contributed by atoms with Crippen LogP contribution in [0.2, 0.25) is 0 Å². The quantitative estimate of drug-likeness (QED) is 0.811. The Morgan fingerprint density at radius 1 is 1.05 bits per heavy atom. The number of ether oxygens (including phenoxy) is 2. The first kappa shape index (κ1) is 13.5. The average molecular weight is 279 g/mol. The molecule has 0 spiro atoms. The summed E-state index contributed by atoms with van der Waals surface area (Å²) in [4.78, 5) is 12.4. The van der Waals surface area contributed by atoms with Gasteiger partial charge in [0, 0.05) is 16.7 Å². The van der Waals surface area contributed by atoms with Gasteiger partial charge in [-0.3, -0.25) is 4.79 Å². The fraction of sp³-hybridized carbons (Fsp3) is 0.176. The Morgan fingerprint density at radius 3 is 2.43 bits per heavy atom. The molecule has 0 atom stereocenters. The highest BCUT2D eigenvalue weighted by atomic mass is 16.7. The molecular formula is C17H13NO3. The minimum absolute atomic E-state index is 0.0839. The SMILES string of the molecule is N#Cc1ccc(C(=O)c2cccc(C3OCCO3)c2)cc1. The number of hydrogen-bond acceptors (Lipinski definition) is 4. The molecule has 0 N–H and O–H groups in total. The van der Waals surface area contributed by atoms with E-state index in [1.807, 2.05) is 18.2 Å². The fourth-order valence-electron chi connectivity index (χ4n) is 2.24. The molecule has 0 aliphatic carbocycles. The van der Waals surface area contributed by atoms with E-state index in [2.05, 4.69) is 0 Å². The van der Waals surface area contributed by atoms with Crippen LogP contribution < -0.4 is 0 Å². The van der Waals surface area contributed by atoms with E-state index in [1.54, 1.807) is 36.4 Å². The third kappa shape index (κ3) is 2.84. The van der Waals surface area contributed by atoms with E-state index in [0.717, 1.165) is 5.56 Å². The van der Waals surface area contributed by atoms with Crippen LogP contribution in [0.25, 0.3) is 0 Å². The Morgan fingerprint density at radius 2 is 1.76 bits per heavy atom. The summed E-state index contributed by atoms with van der Waals surface area (Å²) >= 11 is 0. The number of carbonyl (C=O) groups is 1. The summed E-state index contributed by atoms with van der Waals surface area (Å²) in [6.45, 7) is 1.14. The molecule has 1 fully saturated rings. The van der Waals surface area contributed by atoms with Crippen LogP contribution >= 0.6 is 0 Å². The zero-order chi connectivity index (χ0) is 14.7. The van der Waals surface area contributed by atoms with Crippen LogP contribution in [0.1, 0.15) is 33.3 Å². The molecule has 0 aromatic heterocycles. The van der Waals surface area contributed by atoms with Crippen LogP contribution in [0.4, 0.5) is 0 Å². The molecular weight excluding hydrogens is 266 g/mol. The lowest BCUT2D eigenvalue weighted by atomic mass is 10.0. The molecule has 0 radical (unpaired) electrons. The Balaban J connectivity index is 1.86. The van der Waals surface area contributed by atoms with Crippen LogP contribution in [0.15, 0.2) is 48.5 Å². The number of nitriles is 1. The maximum absolute atomic E-state index is 12.4. The van der Waals surface area contributed by atoms with Crippen molar-refractivity contribution in [1.82, 2.24) is 0 Å². The second kappa shape index (κ2) is 5.88. The zero-order valence-electron chi connectivity index (χ0n) is 11.3. The summed E-state index contributed by atoms with van der Waals surface area (Å²) in [5.74, 6) is -0.0839. The second-order valence-corrected chi connectivity index (χ2v) is 4.72. The topological polar surface area (TPSA) is 59.3 Å². The highest BCUT2D eigenvalue weighted by Crippen LogP contribution is 2.24. The van der Waals surface area contributed by atoms with Crippen LogP contribution in [0.3, 0.4) is 0 Å². The van der Waals surface area contributed by atoms with Gasteiger partial charge in [-0.1, -0.05) is 18.2 Å². The first-order valence-electron chi connectivity index (χ1n) is 6.66. The van der Waals surface area contributed by atoms with Crippen molar-refractivity contribution in [3.05, 3.63) is 70.8 Å². The van der Waals surface area contributed by atoms with Crippen molar-refractivity contribution in [2.24, 2.45) is 0 Å². The van der Waals surface area contributed by atoms with Gasteiger partial charge < -0.3 is 9.47 Å². The number of rotatable bonds is 3. The summed E-state index contributed by atoms with van der Waals surface area (Å²) < 4.78 is 10.9. The molecule has 0 bridgehead atoms. The van der Waals surface area contributed by atoms with Gasteiger partial charge in [-0.2, -0.15) is 5.26 Å². The maximum Gasteiger partial charge on any atom is 0.193 e. The third-order valence-electron chi connectivity index (χ3n) is 3.32. The summed E-state index contributed by atoms with van der Waals surface area (Å²) in [5, 5.41) is 8.78. The highest BCUT2D eigenvalue weighted by molar-refractivity contribution is 6.09. The Labute approximate surface area is 122 Å². The monoisotopic (exact) mass is 279 g/mol. The minimum atomic E-state index is -0.390. The molecule has 104 valence electrons. The summed E-state index contributed by atoms with van der Waals surface area (Å²) in [6, 6.07) is 15.9. The van der Waals surface area contributed by atoms with E-state index in [0.29, 0.717) is 29.9 Å². The standard InChI is InChI=1S/C17H13NO3/c18-11-12-4-6-13(7-5-12)16(19)14-2-1-3-15(10-14)17-20-8-9-21-17/h1-7,10,17H,8-9H2. The molecule has 4 heteroatoms. The molecule has 1 aliphatic heterocycles. The summed E-state index contributed by atoms with van der Waals surface area (Å²) in [6.07, 6.45) is -0.390. The van der Waals surface area contributed by atoms with Crippen molar-refractivity contribution in [3.63, 3.8) is 0 Å². The molecule has 1 heterocycles. The van der Waals surface area contributed by atoms with E-state index in [9.17, 15) is 4.79 Å². The lowest BCUT2D eigenvalue weighted by molar-refractivity contribution is -0.0441. The van der Waals surface area contributed by atoms with Crippen molar-refractivity contribution in [2.75, 3.05) is 13.2 Å². The van der Waals surface area contributed by atoms with Gasteiger partial charge in [0.05, 0.1) is 24.8 Å². The molecule has 0 amide bonds. The van der Waals surface area contributed by atoms with Crippen LogP contribution in [-0.4, -0.2) is 19.0 Å². The van der Waals surface area contributed by atoms with E-state index in [1.165, 1.54) is 0 Å². The summed E-state index contributed by atoms with van der Waals surface area (Å²) in [5.41, 5.74) is 2.51. The van der Waals surface area contributed by atoms with Crippen molar-refractivity contribution < 1.29 is 14.3 Å². The third-order valence-corrected chi connectivity index (χ3v) is 3.32. The Bertz CT molecular complexity index is 695. The maximum atomic E-state index is 12.4. The highest BCUT2D eigenvalue weighted by Gasteiger charge is 2.19. The molecule has 1 aliphatic rings. The van der Waals surface area contributed by atoms with Crippen LogP contribution in [-0.2, 0) is 9.47 Å². The molecule has 2 aromatic carbocycles. The predicted octanol–water partition coefficient (Wildman–Crippen LogP) is 2.83. The van der Waals surface area contributed by atoms with Gasteiger partial charge >= 0.3 is 0 Å². The fourth-order valence-corrected chi connectivity index (χ4v) is 2.24. The Kier molecular flexibility index (Phi) is 3.78. The minimum Gasteiger partial charge on any atom is -0.346 e. The lowest BCUT2D eigenvalue weighted by Crippen LogP contribution is -2.04. The molecule has 3 rings (SSSR count). The van der Waals surface area contributed by atoms with E-state index < -0.39 is 6.29 Å². The number of hydrogen-bond donors (Lipinski definition) is 0. The second-order valence-electron chi connectivity index (χ2n) is 4.72. The molecule has 1 saturated heterocycles. The molecule has 0 unspecified atom stereocenters. The van der Waals surface area contributed by atoms with Gasteiger partial charge in [-0.25, -0.2) is 0 Å². The normalized spacial score (nSPS) is 14.8. The smallest absolute Gasteiger partial charge is 0.193 e. The van der Waals surface area contributed by atoms with Gasteiger partial charge in [-0.05, 0) is 30.3 Å². The van der Waals surface area contributed by atoms with E-state index in [-0.39, 0.29) is 5.78 Å². The van der Waals surface area contributed by atoms with Crippen molar-refractivity contribution >= 4 is 5.78 Å². The number of carbonyl (C=O) groups excluding carboxylic acids is 1.